The van der Waals surface area contributed by atoms with Crippen LogP contribution in [0.15, 0.2) is 83.7 Å². The summed E-state index contributed by atoms with van der Waals surface area (Å²) in [4.78, 5) is 8.54. The molecule has 6 nitrogen and oxygen atoms in total. The summed E-state index contributed by atoms with van der Waals surface area (Å²) in [5.74, 6) is 1.82. The Hall–Kier alpha value is -3.92. The van der Waals surface area contributed by atoms with Gasteiger partial charge in [0.1, 0.15) is 21.9 Å². The molecule has 0 bridgehead atoms. The molecule has 5 rings (SSSR count). The zero-order valence-corrected chi connectivity index (χ0v) is 20.4. The van der Waals surface area contributed by atoms with Crippen LogP contribution in [0.4, 0.5) is 13.2 Å². The maximum Gasteiger partial charge on any atom is 0.416 e. The van der Waals surface area contributed by atoms with Crippen molar-refractivity contribution < 1.29 is 22.6 Å². The van der Waals surface area contributed by atoms with Crippen LogP contribution in [-0.4, -0.2) is 26.9 Å². The van der Waals surface area contributed by atoms with Crippen molar-refractivity contribution >= 4 is 27.0 Å². The van der Waals surface area contributed by atoms with E-state index < -0.39 is 11.7 Å². The molecule has 2 aromatic carbocycles. The SMILES string of the molecule is COc1ccc(Cn2nc(Br)c3c(Oc4ccc(-c5cc(C(F)(F)F)ccn5)cc4)ccnc32)cc1. The van der Waals surface area contributed by atoms with Gasteiger partial charge in [0, 0.05) is 24.0 Å². The highest BCUT2D eigenvalue weighted by atomic mass is 79.9. The topological polar surface area (TPSA) is 62.1 Å². The van der Waals surface area contributed by atoms with Crippen LogP contribution in [-0.2, 0) is 12.7 Å². The fourth-order valence-corrected chi connectivity index (χ4v) is 4.28. The Balaban J connectivity index is 1.40. The first kappa shape index (κ1) is 23.8. The molecule has 36 heavy (non-hydrogen) atoms. The number of ether oxygens (including phenoxy) is 2. The van der Waals surface area contributed by atoms with E-state index in [9.17, 15) is 13.2 Å². The minimum absolute atomic E-state index is 0.227. The second-order valence-corrected chi connectivity index (χ2v) is 8.61. The van der Waals surface area contributed by atoms with Crippen LogP contribution >= 0.6 is 15.9 Å². The molecular weight excluding hydrogens is 537 g/mol. The Bertz CT molecular complexity index is 1520. The van der Waals surface area contributed by atoms with Crippen molar-refractivity contribution in [2.75, 3.05) is 7.11 Å². The molecule has 0 aliphatic carbocycles. The molecule has 5 aromatic rings. The average Bonchev–Trinajstić information content (AvgIpc) is 3.20. The third kappa shape index (κ3) is 4.90. The molecule has 0 amide bonds. The van der Waals surface area contributed by atoms with Crippen LogP contribution in [0.3, 0.4) is 0 Å². The first-order valence-corrected chi connectivity index (χ1v) is 11.6. The number of nitrogens with zero attached hydrogens (tertiary/aromatic N) is 4. The van der Waals surface area contributed by atoms with Gasteiger partial charge in [0.15, 0.2) is 5.65 Å². The predicted octanol–water partition coefficient (Wildman–Crippen LogP) is 7.12. The lowest BCUT2D eigenvalue weighted by Gasteiger charge is -2.10. The van der Waals surface area contributed by atoms with E-state index in [2.05, 4.69) is 31.0 Å². The van der Waals surface area contributed by atoms with Crippen molar-refractivity contribution in [3.63, 3.8) is 0 Å². The minimum Gasteiger partial charge on any atom is -0.497 e. The summed E-state index contributed by atoms with van der Waals surface area (Å²) in [5, 5.41) is 5.27. The molecule has 0 atom stereocenters. The molecule has 3 heterocycles. The van der Waals surface area contributed by atoms with Crippen molar-refractivity contribution in [2.45, 2.75) is 12.7 Å². The number of halogens is 4. The lowest BCUT2D eigenvalue weighted by molar-refractivity contribution is -0.137. The van der Waals surface area contributed by atoms with Crippen LogP contribution < -0.4 is 9.47 Å². The molecule has 0 radical (unpaired) electrons. The standard InChI is InChI=1S/C26H18BrF3N4O2/c1-35-19-6-2-16(3-7-19)15-34-25-23(24(27)33-34)22(11-13-32-25)36-20-8-4-17(5-9-20)21-14-18(10-12-31-21)26(28,29)30/h2-14H,15H2,1H3. The van der Waals surface area contributed by atoms with E-state index in [0.717, 1.165) is 29.6 Å². The number of methoxy groups -OCH3 is 1. The van der Waals surface area contributed by atoms with Gasteiger partial charge in [-0.05, 0) is 70.0 Å². The van der Waals surface area contributed by atoms with E-state index in [-0.39, 0.29) is 5.69 Å². The van der Waals surface area contributed by atoms with Gasteiger partial charge in [0.05, 0.1) is 30.3 Å². The Labute approximate surface area is 212 Å². The van der Waals surface area contributed by atoms with Gasteiger partial charge in [0.25, 0.3) is 0 Å². The van der Waals surface area contributed by atoms with Gasteiger partial charge >= 0.3 is 6.18 Å². The molecule has 0 N–H and O–H groups in total. The first-order chi connectivity index (χ1) is 17.3. The number of rotatable bonds is 6. The summed E-state index contributed by atoms with van der Waals surface area (Å²) in [6.45, 7) is 0.501. The molecule has 0 aliphatic rings. The van der Waals surface area contributed by atoms with Crippen molar-refractivity contribution in [3.8, 4) is 28.5 Å². The van der Waals surface area contributed by atoms with Crippen molar-refractivity contribution in [1.82, 2.24) is 19.7 Å². The number of alkyl halides is 3. The molecule has 182 valence electrons. The number of benzene rings is 2. The average molecular weight is 555 g/mol. The summed E-state index contributed by atoms with van der Waals surface area (Å²) < 4.78 is 52.8. The molecule has 0 saturated heterocycles. The molecule has 3 aromatic heterocycles. The quantitative estimate of drug-likeness (QED) is 0.223. The van der Waals surface area contributed by atoms with Gasteiger partial charge in [-0.1, -0.05) is 12.1 Å². The molecule has 10 heteroatoms. The third-order valence-corrected chi connectivity index (χ3v) is 6.06. The summed E-state index contributed by atoms with van der Waals surface area (Å²) >= 11 is 3.51. The number of pyridine rings is 2. The monoisotopic (exact) mass is 554 g/mol. The molecule has 0 spiro atoms. The third-order valence-electron chi connectivity index (χ3n) is 5.51. The van der Waals surface area contributed by atoms with Gasteiger partial charge in [-0.2, -0.15) is 18.3 Å². The lowest BCUT2D eigenvalue weighted by atomic mass is 10.1. The van der Waals surface area contributed by atoms with Gasteiger partial charge in [0.2, 0.25) is 0 Å². The zero-order valence-electron chi connectivity index (χ0n) is 18.8. The number of hydrogen-bond acceptors (Lipinski definition) is 5. The van der Waals surface area contributed by atoms with E-state index >= 15 is 0 Å². The maximum absolute atomic E-state index is 13.0. The van der Waals surface area contributed by atoms with E-state index in [1.807, 2.05) is 24.3 Å². The van der Waals surface area contributed by atoms with E-state index in [0.29, 0.717) is 39.2 Å². The Morgan fingerprint density at radius 2 is 1.58 bits per heavy atom. The fourth-order valence-electron chi connectivity index (χ4n) is 3.71. The lowest BCUT2D eigenvalue weighted by Crippen LogP contribution is -2.05. The molecular formula is C26H18BrF3N4O2. The van der Waals surface area contributed by atoms with E-state index in [1.54, 1.807) is 48.3 Å². The van der Waals surface area contributed by atoms with Gasteiger partial charge in [-0.15, -0.1) is 0 Å². The number of fused-ring (bicyclic) bond motifs is 1. The van der Waals surface area contributed by atoms with Crippen LogP contribution in [0.25, 0.3) is 22.3 Å². The predicted molar refractivity (Wildman–Crippen MR) is 132 cm³/mol. The van der Waals surface area contributed by atoms with Gasteiger partial charge in [-0.3, -0.25) is 4.98 Å². The van der Waals surface area contributed by atoms with Crippen molar-refractivity contribution in [1.29, 1.82) is 0 Å². The minimum atomic E-state index is -4.43. The summed E-state index contributed by atoms with van der Waals surface area (Å²) in [5.41, 5.74) is 1.69. The summed E-state index contributed by atoms with van der Waals surface area (Å²) in [6.07, 6.45) is -1.65. The van der Waals surface area contributed by atoms with Crippen molar-refractivity contribution in [3.05, 3.63) is 94.9 Å². The fraction of sp³-hybridized carbons (Fsp3) is 0.115. The highest BCUT2D eigenvalue weighted by molar-refractivity contribution is 9.10. The largest absolute Gasteiger partial charge is 0.497 e. The van der Waals surface area contributed by atoms with Gasteiger partial charge in [-0.25, -0.2) is 9.67 Å². The smallest absolute Gasteiger partial charge is 0.416 e. The highest BCUT2D eigenvalue weighted by Gasteiger charge is 2.30. The second-order valence-electron chi connectivity index (χ2n) is 7.86. The number of aromatic nitrogens is 4. The Morgan fingerprint density at radius 3 is 2.28 bits per heavy atom. The van der Waals surface area contributed by atoms with Crippen LogP contribution in [0, 0.1) is 0 Å². The highest BCUT2D eigenvalue weighted by Crippen LogP contribution is 2.35. The van der Waals surface area contributed by atoms with E-state index in [1.165, 1.54) is 0 Å². The van der Waals surface area contributed by atoms with E-state index in [4.69, 9.17) is 9.47 Å². The van der Waals surface area contributed by atoms with Crippen LogP contribution in [0.2, 0.25) is 0 Å². The van der Waals surface area contributed by atoms with Crippen LogP contribution in [0.5, 0.6) is 17.2 Å². The number of hydrogen-bond donors (Lipinski definition) is 0. The molecule has 0 unspecified atom stereocenters. The summed E-state index contributed by atoms with van der Waals surface area (Å²) in [7, 11) is 1.62. The first-order valence-electron chi connectivity index (χ1n) is 10.8. The van der Waals surface area contributed by atoms with Crippen molar-refractivity contribution in [2.24, 2.45) is 0 Å². The van der Waals surface area contributed by atoms with Crippen LogP contribution in [0.1, 0.15) is 11.1 Å². The normalized spacial score (nSPS) is 11.6. The zero-order chi connectivity index (χ0) is 25.3. The second kappa shape index (κ2) is 9.62. The molecule has 0 saturated carbocycles. The Morgan fingerprint density at radius 1 is 0.889 bits per heavy atom. The van der Waals surface area contributed by atoms with Gasteiger partial charge < -0.3 is 9.47 Å². The molecule has 0 aliphatic heterocycles. The summed E-state index contributed by atoms with van der Waals surface area (Å²) in [6, 6.07) is 18.1. The maximum atomic E-state index is 13.0. The molecule has 0 fully saturated rings. The Kier molecular flexibility index (Phi) is 6.36.